The molecule has 0 saturated carbocycles. The molecule has 7 heteroatoms. The average Bonchev–Trinajstić information content (AvgIpc) is 2.61. The zero-order valence-corrected chi connectivity index (χ0v) is 15.7. The molecule has 0 heterocycles. The number of Topliss-reactive ketones (excluding diaryl/α,β-unsaturated/α-hetero) is 1. The Morgan fingerprint density at radius 2 is 1.64 bits per heavy atom. The van der Waals surface area contributed by atoms with Crippen LogP contribution >= 0.6 is 0 Å². The maximum atomic E-state index is 13.8. The fourth-order valence-corrected chi connectivity index (χ4v) is 2.72. The van der Waals surface area contributed by atoms with Gasteiger partial charge in [-0.3, -0.25) is 14.4 Å². The lowest BCUT2D eigenvalue weighted by Crippen LogP contribution is -2.17. The first-order valence-electron chi connectivity index (χ1n) is 8.88. The minimum absolute atomic E-state index is 0.0686. The van der Waals surface area contributed by atoms with Gasteiger partial charge in [-0.2, -0.15) is 0 Å². The zero-order chi connectivity index (χ0) is 20.8. The van der Waals surface area contributed by atoms with Crippen molar-refractivity contribution in [2.75, 3.05) is 5.32 Å². The van der Waals surface area contributed by atoms with Crippen LogP contribution in [0.15, 0.2) is 36.4 Å². The molecule has 28 heavy (non-hydrogen) atoms. The maximum Gasteiger partial charge on any atom is 0.251 e. The van der Waals surface area contributed by atoms with Crippen LogP contribution in [-0.2, 0) is 11.2 Å². The number of primary amides is 1. The Labute approximate surface area is 161 Å². The van der Waals surface area contributed by atoms with E-state index in [4.69, 9.17) is 5.73 Å². The maximum absolute atomic E-state index is 13.8. The van der Waals surface area contributed by atoms with Crippen LogP contribution in [0.25, 0.3) is 0 Å². The number of amides is 2. The number of carbonyl (C=O) groups excluding carboxylic acids is 3. The van der Waals surface area contributed by atoms with Crippen molar-refractivity contribution in [2.45, 2.75) is 33.1 Å². The molecule has 0 atom stereocenters. The Kier molecular flexibility index (Phi) is 6.98. The number of nitrogens with one attached hydrogen (secondary N) is 1. The lowest BCUT2D eigenvalue weighted by atomic mass is 9.99. The molecule has 0 saturated heterocycles. The summed E-state index contributed by atoms with van der Waals surface area (Å²) in [6.07, 6.45) is 0.656. The standard InChI is InChI=1S/C21H22F2N2O3/c1-12(2)9-13-3-5-14(6-4-13)19(26)7-8-20(27)25-18-10-15(21(24)28)16(22)11-17(18)23/h3-6,10-12H,7-9H2,1-2H3,(H2,24,28)(H,25,27). The Hall–Kier alpha value is -3.09. The highest BCUT2D eigenvalue weighted by Crippen LogP contribution is 2.20. The van der Waals surface area contributed by atoms with Crippen molar-refractivity contribution in [1.82, 2.24) is 0 Å². The molecule has 3 N–H and O–H groups in total. The van der Waals surface area contributed by atoms with E-state index in [0.29, 0.717) is 17.5 Å². The van der Waals surface area contributed by atoms with E-state index in [1.54, 1.807) is 12.1 Å². The monoisotopic (exact) mass is 388 g/mol. The van der Waals surface area contributed by atoms with Crippen LogP contribution < -0.4 is 11.1 Å². The number of ketones is 1. The molecule has 148 valence electrons. The van der Waals surface area contributed by atoms with Crippen LogP contribution in [0.2, 0.25) is 0 Å². The van der Waals surface area contributed by atoms with Gasteiger partial charge in [-0.15, -0.1) is 0 Å². The summed E-state index contributed by atoms with van der Waals surface area (Å²) in [6, 6.07) is 8.51. The summed E-state index contributed by atoms with van der Waals surface area (Å²) in [4.78, 5) is 35.4. The number of rotatable bonds is 8. The number of anilines is 1. The first-order valence-corrected chi connectivity index (χ1v) is 8.88. The third-order valence-electron chi connectivity index (χ3n) is 4.10. The Balaban J connectivity index is 1.96. The third kappa shape index (κ3) is 5.70. The summed E-state index contributed by atoms with van der Waals surface area (Å²) in [6.45, 7) is 4.21. The fourth-order valence-electron chi connectivity index (χ4n) is 2.72. The van der Waals surface area contributed by atoms with Gasteiger partial charge in [-0.05, 0) is 24.0 Å². The van der Waals surface area contributed by atoms with Gasteiger partial charge < -0.3 is 11.1 Å². The van der Waals surface area contributed by atoms with E-state index in [0.717, 1.165) is 18.1 Å². The van der Waals surface area contributed by atoms with Crippen molar-refractivity contribution >= 4 is 23.3 Å². The highest BCUT2D eigenvalue weighted by atomic mass is 19.1. The molecule has 5 nitrogen and oxygen atoms in total. The topological polar surface area (TPSA) is 89.3 Å². The normalized spacial score (nSPS) is 10.8. The van der Waals surface area contributed by atoms with Gasteiger partial charge in [0.05, 0.1) is 11.3 Å². The molecule has 2 aromatic rings. The van der Waals surface area contributed by atoms with Crippen LogP contribution in [0.1, 0.15) is 53.0 Å². The van der Waals surface area contributed by atoms with Crippen molar-refractivity contribution < 1.29 is 23.2 Å². The molecule has 0 spiro atoms. The van der Waals surface area contributed by atoms with E-state index in [1.165, 1.54) is 0 Å². The molecule has 0 aliphatic rings. The summed E-state index contributed by atoms with van der Waals surface area (Å²) in [5, 5.41) is 2.23. The number of benzene rings is 2. The minimum Gasteiger partial charge on any atom is -0.366 e. The smallest absolute Gasteiger partial charge is 0.251 e. The lowest BCUT2D eigenvalue weighted by Gasteiger charge is -2.09. The van der Waals surface area contributed by atoms with Gasteiger partial charge in [0.2, 0.25) is 5.91 Å². The largest absolute Gasteiger partial charge is 0.366 e. The summed E-state index contributed by atoms with van der Waals surface area (Å²) >= 11 is 0. The number of nitrogens with two attached hydrogens (primary N) is 1. The van der Waals surface area contributed by atoms with Crippen LogP contribution in [0.4, 0.5) is 14.5 Å². The molecular formula is C21H22F2N2O3. The summed E-state index contributed by atoms with van der Waals surface area (Å²) in [5.41, 5.74) is 5.72. The molecule has 2 rings (SSSR count). The van der Waals surface area contributed by atoms with Crippen molar-refractivity contribution in [3.63, 3.8) is 0 Å². The first-order chi connectivity index (χ1) is 13.2. The van der Waals surface area contributed by atoms with Crippen molar-refractivity contribution in [2.24, 2.45) is 11.7 Å². The van der Waals surface area contributed by atoms with Crippen molar-refractivity contribution in [3.05, 3.63) is 64.7 Å². The molecule has 2 amide bonds. The molecule has 2 aromatic carbocycles. The molecule has 0 aromatic heterocycles. The van der Waals surface area contributed by atoms with E-state index in [2.05, 4.69) is 19.2 Å². The fraction of sp³-hybridized carbons (Fsp3) is 0.286. The predicted molar refractivity (Wildman–Crippen MR) is 102 cm³/mol. The summed E-state index contributed by atoms with van der Waals surface area (Å²) in [5.74, 6) is -3.58. The van der Waals surface area contributed by atoms with Gasteiger partial charge in [-0.25, -0.2) is 8.78 Å². The van der Waals surface area contributed by atoms with Gasteiger partial charge in [0.15, 0.2) is 5.78 Å². The van der Waals surface area contributed by atoms with Crippen LogP contribution in [0.3, 0.4) is 0 Å². The van der Waals surface area contributed by atoms with Crippen molar-refractivity contribution in [3.8, 4) is 0 Å². The molecule has 0 fully saturated rings. The van der Waals surface area contributed by atoms with Crippen LogP contribution in [-0.4, -0.2) is 17.6 Å². The Morgan fingerprint density at radius 1 is 1.00 bits per heavy atom. The van der Waals surface area contributed by atoms with E-state index >= 15 is 0 Å². The quantitative estimate of drug-likeness (QED) is 0.673. The SMILES string of the molecule is CC(C)Cc1ccc(C(=O)CCC(=O)Nc2cc(C(N)=O)c(F)cc2F)cc1. The van der Waals surface area contributed by atoms with Gasteiger partial charge in [0, 0.05) is 24.5 Å². The van der Waals surface area contributed by atoms with Crippen molar-refractivity contribution in [1.29, 1.82) is 0 Å². The highest BCUT2D eigenvalue weighted by Gasteiger charge is 2.16. The van der Waals surface area contributed by atoms with Gasteiger partial charge >= 0.3 is 0 Å². The van der Waals surface area contributed by atoms with E-state index in [9.17, 15) is 23.2 Å². The summed E-state index contributed by atoms with van der Waals surface area (Å²) in [7, 11) is 0. The minimum atomic E-state index is -1.11. The Bertz CT molecular complexity index is 893. The highest BCUT2D eigenvalue weighted by molar-refractivity contribution is 6.00. The van der Waals surface area contributed by atoms with E-state index in [1.807, 2.05) is 12.1 Å². The average molecular weight is 388 g/mol. The van der Waals surface area contributed by atoms with Crippen LogP contribution in [0, 0.1) is 17.6 Å². The number of carbonyl (C=O) groups is 3. The van der Waals surface area contributed by atoms with E-state index in [-0.39, 0.29) is 24.3 Å². The second kappa shape index (κ2) is 9.21. The Morgan fingerprint density at radius 3 is 2.21 bits per heavy atom. The zero-order valence-electron chi connectivity index (χ0n) is 15.7. The van der Waals surface area contributed by atoms with Crippen LogP contribution in [0.5, 0.6) is 0 Å². The van der Waals surface area contributed by atoms with E-state index < -0.39 is 29.0 Å². The number of halogens is 2. The third-order valence-corrected chi connectivity index (χ3v) is 4.10. The second-order valence-corrected chi connectivity index (χ2v) is 6.94. The van der Waals surface area contributed by atoms with Gasteiger partial charge in [-0.1, -0.05) is 38.1 Å². The predicted octanol–water partition coefficient (Wildman–Crippen LogP) is 3.86. The lowest BCUT2D eigenvalue weighted by molar-refractivity contribution is -0.116. The summed E-state index contributed by atoms with van der Waals surface area (Å²) < 4.78 is 27.2. The number of hydrogen-bond donors (Lipinski definition) is 2. The molecule has 0 unspecified atom stereocenters. The number of hydrogen-bond acceptors (Lipinski definition) is 3. The molecular weight excluding hydrogens is 366 g/mol. The first kappa shape index (κ1) is 21.2. The van der Waals surface area contributed by atoms with Gasteiger partial charge in [0.1, 0.15) is 11.6 Å². The molecule has 0 bridgehead atoms. The molecule has 0 aliphatic carbocycles. The molecule has 0 radical (unpaired) electrons. The molecule has 0 aliphatic heterocycles. The second-order valence-electron chi connectivity index (χ2n) is 6.94. The van der Waals surface area contributed by atoms with Gasteiger partial charge in [0.25, 0.3) is 5.91 Å².